The van der Waals surface area contributed by atoms with E-state index in [1.165, 1.54) is 141 Å². The van der Waals surface area contributed by atoms with Crippen molar-refractivity contribution in [3.8, 4) is 0 Å². The molecular formula is C63H108O5. The smallest absolute Gasteiger partial charge is 0.306 e. The first-order valence-electron chi connectivity index (χ1n) is 28.8. The lowest BCUT2D eigenvalue weighted by Gasteiger charge is -2.18. The summed E-state index contributed by atoms with van der Waals surface area (Å²) >= 11 is 0. The van der Waals surface area contributed by atoms with Gasteiger partial charge in [-0.25, -0.2) is 0 Å². The van der Waals surface area contributed by atoms with Gasteiger partial charge >= 0.3 is 11.9 Å². The molecule has 0 aromatic heterocycles. The maximum atomic E-state index is 12.9. The van der Waals surface area contributed by atoms with E-state index in [2.05, 4.69) is 118 Å². The first kappa shape index (κ1) is 64.8. The molecule has 0 saturated carbocycles. The van der Waals surface area contributed by atoms with Crippen molar-refractivity contribution in [2.45, 2.75) is 271 Å². The van der Waals surface area contributed by atoms with Crippen molar-refractivity contribution < 1.29 is 23.8 Å². The third kappa shape index (κ3) is 55.4. The van der Waals surface area contributed by atoms with Gasteiger partial charge in [0.05, 0.1) is 6.61 Å². The van der Waals surface area contributed by atoms with Crippen LogP contribution < -0.4 is 0 Å². The average Bonchev–Trinajstić information content (AvgIpc) is 3.34. The predicted octanol–water partition coefficient (Wildman–Crippen LogP) is 19.8. The van der Waals surface area contributed by atoms with E-state index in [-0.39, 0.29) is 25.2 Å². The van der Waals surface area contributed by atoms with Crippen molar-refractivity contribution in [1.82, 2.24) is 0 Å². The molecule has 0 N–H and O–H groups in total. The quantitative estimate of drug-likeness (QED) is 0.0345. The molecule has 0 saturated heterocycles. The Morgan fingerprint density at radius 2 is 0.676 bits per heavy atom. The minimum Gasteiger partial charge on any atom is -0.462 e. The summed E-state index contributed by atoms with van der Waals surface area (Å²) in [4.78, 5) is 25.5. The van der Waals surface area contributed by atoms with E-state index in [4.69, 9.17) is 14.2 Å². The second kappa shape index (κ2) is 58.1. The molecule has 0 aliphatic heterocycles. The van der Waals surface area contributed by atoms with Crippen LogP contribution in [0.3, 0.4) is 0 Å². The van der Waals surface area contributed by atoms with Crippen LogP contribution in [-0.4, -0.2) is 37.9 Å². The highest BCUT2D eigenvalue weighted by atomic mass is 16.6. The second-order valence-electron chi connectivity index (χ2n) is 18.8. The number of rotatable bonds is 52. The number of hydrogen-bond acceptors (Lipinski definition) is 5. The summed E-state index contributed by atoms with van der Waals surface area (Å²) in [5.74, 6) is -0.463. The molecular weight excluding hydrogens is 837 g/mol. The van der Waals surface area contributed by atoms with Crippen LogP contribution in [0.1, 0.15) is 265 Å². The average molecular weight is 946 g/mol. The highest BCUT2D eigenvalue weighted by Gasteiger charge is 2.17. The Morgan fingerprint density at radius 1 is 0.338 bits per heavy atom. The molecule has 1 atom stereocenters. The van der Waals surface area contributed by atoms with Crippen LogP contribution in [0, 0.1) is 0 Å². The maximum Gasteiger partial charge on any atom is 0.306 e. The van der Waals surface area contributed by atoms with Crippen LogP contribution in [0.5, 0.6) is 0 Å². The molecule has 0 aromatic rings. The number of carbonyl (C=O) groups is 2. The predicted molar refractivity (Wildman–Crippen MR) is 297 cm³/mol. The summed E-state index contributed by atoms with van der Waals surface area (Å²) in [6.45, 7) is 7.55. The largest absolute Gasteiger partial charge is 0.462 e. The summed E-state index contributed by atoms with van der Waals surface area (Å²) < 4.78 is 17.4. The molecule has 68 heavy (non-hydrogen) atoms. The summed E-state index contributed by atoms with van der Waals surface area (Å²) in [5, 5.41) is 0. The number of allylic oxidation sites excluding steroid dienone is 16. The molecule has 5 heteroatoms. The lowest BCUT2D eigenvalue weighted by Crippen LogP contribution is -2.30. The Hall–Kier alpha value is -3.18. The Labute approximate surface area is 422 Å². The molecule has 0 aliphatic carbocycles. The maximum absolute atomic E-state index is 12.9. The molecule has 0 fully saturated rings. The standard InChI is InChI=1S/C63H108O5/c1-4-7-10-13-16-19-22-25-28-31-34-37-40-43-46-49-52-55-58-66-59-61(68-63(65)57-54-51-48-45-42-39-36-33-30-27-24-21-18-15-12-9-6-3)60-67-62(64)56-53-50-47-44-41-38-35-32-29-26-23-20-17-14-11-8-5-2/h7-8,10-11,16-17,19-20,25-26,28-29,35,38,44,47,61H,4-6,9,12-15,18,21-24,27,30-34,36-37,39-43,45-46,48-60H2,1-3H3/b10-7-,11-8-,19-16-,20-17-,28-25-,29-26-,38-35-,47-44-. The van der Waals surface area contributed by atoms with Crippen molar-refractivity contribution >= 4 is 11.9 Å². The van der Waals surface area contributed by atoms with Crippen LogP contribution in [0.25, 0.3) is 0 Å². The van der Waals surface area contributed by atoms with E-state index in [9.17, 15) is 9.59 Å². The van der Waals surface area contributed by atoms with Crippen molar-refractivity contribution in [1.29, 1.82) is 0 Å². The molecule has 5 nitrogen and oxygen atoms in total. The van der Waals surface area contributed by atoms with Crippen LogP contribution in [0.15, 0.2) is 97.2 Å². The molecule has 0 amide bonds. The van der Waals surface area contributed by atoms with Crippen LogP contribution in [-0.2, 0) is 23.8 Å². The van der Waals surface area contributed by atoms with E-state index in [0.717, 1.165) is 89.9 Å². The lowest BCUT2D eigenvalue weighted by atomic mass is 10.0. The summed E-state index contributed by atoms with van der Waals surface area (Å²) in [6, 6.07) is 0. The van der Waals surface area contributed by atoms with Crippen LogP contribution >= 0.6 is 0 Å². The van der Waals surface area contributed by atoms with Crippen molar-refractivity contribution in [2.75, 3.05) is 19.8 Å². The van der Waals surface area contributed by atoms with Gasteiger partial charge in [0.2, 0.25) is 0 Å². The molecule has 0 aromatic carbocycles. The molecule has 390 valence electrons. The normalized spacial score (nSPS) is 12.9. The fourth-order valence-electron chi connectivity index (χ4n) is 7.91. The van der Waals surface area contributed by atoms with Gasteiger partial charge in [0.1, 0.15) is 6.61 Å². The zero-order valence-electron chi connectivity index (χ0n) is 44.8. The molecule has 0 radical (unpaired) electrons. The van der Waals surface area contributed by atoms with Gasteiger partial charge < -0.3 is 14.2 Å². The van der Waals surface area contributed by atoms with Crippen molar-refractivity contribution in [3.05, 3.63) is 97.2 Å². The van der Waals surface area contributed by atoms with E-state index in [1.54, 1.807) is 0 Å². The number of carbonyl (C=O) groups excluding carboxylic acids is 2. The monoisotopic (exact) mass is 945 g/mol. The topological polar surface area (TPSA) is 61.8 Å². The van der Waals surface area contributed by atoms with E-state index < -0.39 is 6.10 Å². The Balaban J connectivity index is 4.37. The fraction of sp³-hybridized carbons (Fsp3) is 0.714. The fourth-order valence-corrected chi connectivity index (χ4v) is 7.91. The molecule has 0 rings (SSSR count). The van der Waals surface area contributed by atoms with Gasteiger partial charge in [0.25, 0.3) is 0 Å². The Bertz CT molecular complexity index is 1300. The molecule has 1 unspecified atom stereocenters. The van der Waals surface area contributed by atoms with E-state index in [1.807, 2.05) is 0 Å². The highest BCUT2D eigenvalue weighted by Crippen LogP contribution is 2.16. The van der Waals surface area contributed by atoms with E-state index in [0.29, 0.717) is 19.4 Å². The highest BCUT2D eigenvalue weighted by molar-refractivity contribution is 5.70. The van der Waals surface area contributed by atoms with Gasteiger partial charge in [-0.05, 0) is 89.9 Å². The van der Waals surface area contributed by atoms with Crippen LogP contribution in [0.4, 0.5) is 0 Å². The van der Waals surface area contributed by atoms with Crippen molar-refractivity contribution in [3.63, 3.8) is 0 Å². The molecule has 0 bridgehead atoms. The first-order chi connectivity index (χ1) is 33.6. The Kier molecular flexibility index (Phi) is 55.4. The number of unbranched alkanes of at least 4 members (excludes halogenated alkanes) is 25. The van der Waals surface area contributed by atoms with Gasteiger partial charge in [-0.2, -0.15) is 0 Å². The van der Waals surface area contributed by atoms with Gasteiger partial charge in [-0.3, -0.25) is 9.59 Å². The SMILES string of the molecule is CC/C=C\C/C=C\C/C=C\C/C=C\C/C=C\CCCC(=O)OCC(COCCCCCCCCCC/C=C\C/C=C\C/C=C\CC)OC(=O)CCCCCCCCCCCCCCCCCCC. The third-order valence-corrected chi connectivity index (χ3v) is 12.1. The number of hydrogen-bond donors (Lipinski definition) is 0. The van der Waals surface area contributed by atoms with Gasteiger partial charge in [-0.1, -0.05) is 259 Å². The number of ether oxygens (including phenoxy) is 3. The minimum atomic E-state index is -0.567. The molecule has 0 heterocycles. The van der Waals surface area contributed by atoms with Crippen molar-refractivity contribution in [2.24, 2.45) is 0 Å². The third-order valence-electron chi connectivity index (χ3n) is 12.1. The first-order valence-corrected chi connectivity index (χ1v) is 28.8. The summed E-state index contributed by atoms with van der Waals surface area (Å²) in [5.41, 5.74) is 0. The van der Waals surface area contributed by atoms with Gasteiger partial charge in [0.15, 0.2) is 6.10 Å². The molecule has 0 spiro atoms. The van der Waals surface area contributed by atoms with Crippen LogP contribution in [0.2, 0.25) is 0 Å². The zero-order chi connectivity index (χ0) is 49.2. The summed E-state index contributed by atoms with van der Waals surface area (Å²) in [7, 11) is 0. The molecule has 0 aliphatic rings. The number of esters is 2. The van der Waals surface area contributed by atoms with E-state index >= 15 is 0 Å². The Morgan fingerprint density at radius 3 is 1.10 bits per heavy atom. The zero-order valence-corrected chi connectivity index (χ0v) is 44.8. The minimum absolute atomic E-state index is 0.0507. The summed E-state index contributed by atoms with van der Waals surface area (Å²) in [6.07, 6.45) is 78.6. The lowest BCUT2D eigenvalue weighted by molar-refractivity contribution is -0.163. The van der Waals surface area contributed by atoms with Gasteiger partial charge in [0, 0.05) is 19.4 Å². The van der Waals surface area contributed by atoms with Gasteiger partial charge in [-0.15, -0.1) is 0 Å². The second-order valence-corrected chi connectivity index (χ2v) is 18.8.